The van der Waals surface area contributed by atoms with Crippen LogP contribution < -0.4 is 4.74 Å². The van der Waals surface area contributed by atoms with E-state index in [4.69, 9.17) is 4.74 Å². The van der Waals surface area contributed by atoms with E-state index in [2.05, 4.69) is 29.7 Å². The van der Waals surface area contributed by atoms with Crippen molar-refractivity contribution in [3.05, 3.63) is 71.4 Å². The first-order chi connectivity index (χ1) is 15.8. The predicted molar refractivity (Wildman–Crippen MR) is 138 cm³/mol. The van der Waals surface area contributed by atoms with Gasteiger partial charge in [0.1, 0.15) is 5.75 Å². The van der Waals surface area contributed by atoms with Crippen LogP contribution in [-0.2, 0) is 4.79 Å². The number of methoxy groups -OCH3 is 1. The fraction of sp³-hybridized carbons (Fsp3) is 0.429. The zero-order chi connectivity index (χ0) is 24.0. The molecule has 176 valence electrons. The Bertz CT molecular complexity index is 977. The van der Waals surface area contributed by atoms with Gasteiger partial charge in [0.15, 0.2) is 10.9 Å². The topological polar surface area (TPSA) is 46.6 Å². The molecule has 0 amide bonds. The highest BCUT2D eigenvalue weighted by Gasteiger charge is 2.24. The first-order valence-electron chi connectivity index (χ1n) is 11.8. The maximum Gasteiger partial charge on any atom is 0.188 e. The van der Waals surface area contributed by atoms with Crippen LogP contribution in [0.5, 0.6) is 5.75 Å². The molecular weight excluding hydrogens is 430 g/mol. The quantitative estimate of drug-likeness (QED) is 0.309. The molecule has 5 heteroatoms. The highest BCUT2D eigenvalue weighted by Crippen LogP contribution is 2.36. The third-order valence-electron chi connectivity index (χ3n) is 6.80. The van der Waals surface area contributed by atoms with Gasteiger partial charge in [-0.15, -0.1) is 12.6 Å². The Hall–Kier alpha value is -2.53. The number of hydrogen-bond donors (Lipinski definition) is 1. The molecule has 2 aromatic carbocycles. The van der Waals surface area contributed by atoms with Crippen LogP contribution >= 0.6 is 12.6 Å². The summed E-state index contributed by atoms with van der Waals surface area (Å²) in [4.78, 5) is 27.1. The smallest absolute Gasteiger partial charge is 0.188 e. The van der Waals surface area contributed by atoms with Crippen molar-refractivity contribution in [2.45, 2.75) is 58.4 Å². The first-order valence-corrected chi connectivity index (χ1v) is 12.2. The van der Waals surface area contributed by atoms with Gasteiger partial charge in [-0.3, -0.25) is 9.59 Å². The predicted octanol–water partition coefficient (Wildman–Crippen LogP) is 6.38. The molecule has 2 atom stereocenters. The molecule has 33 heavy (non-hydrogen) atoms. The number of carbonyl (C=O) groups is 2. The maximum atomic E-state index is 13.4. The molecule has 3 rings (SSSR count). The van der Waals surface area contributed by atoms with Crippen LogP contribution in [0.4, 0.5) is 0 Å². The van der Waals surface area contributed by atoms with E-state index in [1.165, 1.54) is 24.8 Å². The lowest BCUT2D eigenvalue weighted by molar-refractivity contribution is -0.114. The second-order valence-electron chi connectivity index (χ2n) is 9.10. The maximum absolute atomic E-state index is 13.4. The second-order valence-corrected chi connectivity index (χ2v) is 9.54. The molecule has 0 radical (unpaired) electrons. The van der Waals surface area contributed by atoms with Gasteiger partial charge < -0.3 is 9.64 Å². The summed E-state index contributed by atoms with van der Waals surface area (Å²) >= 11 is 3.98. The van der Waals surface area contributed by atoms with E-state index in [1.54, 1.807) is 7.11 Å². The Morgan fingerprint density at radius 2 is 1.67 bits per heavy atom. The molecule has 1 saturated carbocycles. The minimum absolute atomic E-state index is 0.0822. The zero-order valence-electron chi connectivity index (χ0n) is 20.1. The Morgan fingerprint density at radius 1 is 1.06 bits per heavy atom. The van der Waals surface area contributed by atoms with E-state index in [1.807, 2.05) is 63.4 Å². The molecule has 1 fully saturated rings. The lowest BCUT2D eigenvalue weighted by atomic mass is 9.80. The summed E-state index contributed by atoms with van der Waals surface area (Å²) in [6, 6.07) is 15.7. The van der Waals surface area contributed by atoms with Crippen LogP contribution in [0.25, 0.3) is 5.57 Å². The lowest BCUT2D eigenvalue weighted by Crippen LogP contribution is -2.37. The number of rotatable bonds is 11. The van der Waals surface area contributed by atoms with Crippen LogP contribution in [0.15, 0.2) is 54.7 Å². The molecule has 2 aromatic rings. The fourth-order valence-corrected chi connectivity index (χ4v) is 4.20. The standard InChI is InChI=1S/C28H35NO3S/c1-19(28(31)33)16-17-29(18-20(2)22-12-14-26(32-4)15-13-22)21(3)27(30)25-10-8-24(9-11-25)23-6-5-7-23/h8-15,18-19,21,23H,5-7,16-17H2,1-4H3,(H,31,33)/b20-18+/t19-,21?/m1/s1. The summed E-state index contributed by atoms with van der Waals surface area (Å²) < 4.78 is 5.26. The molecule has 0 saturated heterocycles. The van der Waals surface area contributed by atoms with Crippen molar-refractivity contribution >= 4 is 29.1 Å². The second kappa shape index (κ2) is 11.6. The normalized spacial score (nSPS) is 16.0. The van der Waals surface area contributed by atoms with E-state index in [0.717, 1.165) is 22.4 Å². The average molecular weight is 466 g/mol. The third kappa shape index (κ3) is 6.50. The number of allylic oxidation sites excluding steroid dienone is 1. The minimum atomic E-state index is -0.352. The van der Waals surface area contributed by atoms with Crippen molar-refractivity contribution in [1.29, 1.82) is 0 Å². The van der Waals surface area contributed by atoms with Crippen molar-refractivity contribution in [3.63, 3.8) is 0 Å². The molecule has 0 aliphatic heterocycles. The van der Waals surface area contributed by atoms with Crippen LogP contribution in [0.2, 0.25) is 0 Å². The number of Topliss-reactive ketones (excluding diaryl/α,β-unsaturated/α-hetero) is 1. The van der Waals surface area contributed by atoms with Gasteiger partial charge in [0.25, 0.3) is 0 Å². The molecule has 1 aliphatic rings. The molecule has 0 aromatic heterocycles. The van der Waals surface area contributed by atoms with E-state index in [9.17, 15) is 9.59 Å². The minimum Gasteiger partial charge on any atom is -0.497 e. The van der Waals surface area contributed by atoms with Gasteiger partial charge in [-0.05, 0) is 67.9 Å². The van der Waals surface area contributed by atoms with Crippen LogP contribution in [0, 0.1) is 5.92 Å². The SMILES string of the molecule is COc1ccc(/C(C)=C/N(CC[C@@H](C)C(=O)S)C(C)C(=O)c2ccc(C3CCC3)cc2)cc1. The summed E-state index contributed by atoms with van der Waals surface area (Å²) in [7, 11) is 1.65. The van der Waals surface area contributed by atoms with E-state index in [-0.39, 0.29) is 22.9 Å². The van der Waals surface area contributed by atoms with Gasteiger partial charge in [0.2, 0.25) is 0 Å². The summed E-state index contributed by atoms with van der Waals surface area (Å²) in [5, 5.41) is -0.128. The number of ketones is 1. The summed E-state index contributed by atoms with van der Waals surface area (Å²) in [5.74, 6) is 1.37. The van der Waals surface area contributed by atoms with Gasteiger partial charge in [0, 0.05) is 24.2 Å². The van der Waals surface area contributed by atoms with Crippen LogP contribution in [0.1, 0.15) is 73.9 Å². The van der Waals surface area contributed by atoms with Crippen LogP contribution in [-0.4, -0.2) is 35.5 Å². The summed E-state index contributed by atoms with van der Waals surface area (Å²) in [6.07, 6.45) is 6.45. The molecule has 1 unspecified atom stereocenters. The Labute approximate surface area is 203 Å². The van der Waals surface area contributed by atoms with Crippen molar-refractivity contribution < 1.29 is 14.3 Å². The number of ether oxygens (including phenoxy) is 1. The van der Waals surface area contributed by atoms with Gasteiger partial charge in [-0.2, -0.15) is 0 Å². The van der Waals surface area contributed by atoms with Crippen molar-refractivity contribution in [2.24, 2.45) is 5.92 Å². The van der Waals surface area contributed by atoms with Crippen molar-refractivity contribution in [2.75, 3.05) is 13.7 Å². The average Bonchev–Trinajstić information content (AvgIpc) is 2.79. The zero-order valence-corrected chi connectivity index (χ0v) is 21.0. The number of thiol groups is 1. The molecular formula is C28H35NO3S. The largest absolute Gasteiger partial charge is 0.497 e. The number of hydrogen-bond acceptors (Lipinski definition) is 4. The highest BCUT2D eigenvalue weighted by atomic mass is 32.1. The number of nitrogens with zero attached hydrogens (tertiary/aromatic N) is 1. The summed E-state index contributed by atoms with van der Waals surface area (Å²) in [5.41, 5.74) is 4.16. The monoisotopic (exact) mass is 465 g/mol. The van der Waals surface area contributed by atoms with Gasteiger partial charge in [-0.1, -0.05) is 49.7 Å². The third-order valence-corrected chi connectivity index (χ3v) is 7.24. The highest BCUT2D eigenvalue weighted by molar-refractivity contribution is 7.96. The number of carbonyl (C=O) groups excluding carboxylic acids is 2. The van der Waals surface area contributed by atoms with Crippen molar-refractivity contribution in [1.82, 2.24) is 4.90 Å². The van der Waals surface area contributed by atoms with E-state index >= 15 is 0 Å². The summed E-state index contributed by atoms with van der Waals surface area (Å²) in [6.45, 7) is 6.44. The molecule has 4 nitrogen and oxygen atoms in total. The molecule has 0 N–H and O–H groups in total. The van der Waals surface area contributed by atoms with Crippen molar-refractivity contribution in [3.8, 4) is 5.75 Å². The molecule has 0 heterocycles. The van der Waals surface area contributed by atoms with E-state index in [0.29, 0.717) is 18.9 Å². The molecule has 0 spiro atoms. The Morgan fingerprint density at radius 3 is 2.18 bits per heavy atom. The van der Waals surface area contributed by atoms with Crippen LogP contribution in [0.3, 0.4) is 0 Å². The van der Waals surface area contributed by atoms with E-state index < -0.39 is 0 Å². The van der Waals surface area contributed by atoms with Gasteiger partial charge in [-0.25, -0.2) is 0 Å². The molecule has 1 aliphatic carbocycles. The number of benzene rings is 2. The Kier molecular flexibility index (Phi) is 8.79. The Balaban J connectivity index is 1.80. The van der Waals surface area contributed by atoms with Gasteiger partial charge in [0.05, 0.1) is 13.2 Å². The first kappa shape index (κ1) is 25.1. The van der Waals surface area contributed by atoms with Gasteiger partial charge >= 0.3 is 0 Å². The molecule has 0 bridgehead atoms. The lowest BCUT2D eigenvalue weighted by Gasteiger charge is -2.29. The fourth-order valence-electron chi connectivity index (χ4n) is 4.07.